The summed E-state index contributed by atoms with van der Waals surface area (Å²) in [5.74, 6) is 0.0199. The number of hydrogen-bond donors (Lipinski definition) is 2. The van der Waals surface area contributed by atoms with E-state index in [1.807, 2.05) is 18.0 Å². The van der Waals surface area contributed by atoms with Crippen molar-refractivity contribution in [2.75, 3.05) is 25.5 Å². The molecule has 1 aromatic rings. The second-order valence-corrected chi connectivity index (χ2v) is 5.87. The van der Waals surface area contributed by atoms with Gasteiger partial charge >= 0.3 is 0 Å². The molecule has 0 spiro atoms. The Labute approximate surface area is 122 Å². The summed E-state index contributed by atoms with van der Waals surface area (Å²) in [6.45, 7) is 1.21. The van der Waals surface area contributed by atoms with E-state index < -0.39 is 0 Å². The molecule has 2 N–H and O–H groups in total. The number of rotatable bonds is 6. The summed E-state index contributed by atoms with van der Waals surface area (Å²) < 4.78 is 1.07. The van der Waals surface area contributed by atoms with E-state index in [9.17, 15) is 4.79 Å². The Balaban J connectivity index is 2.09. The Morgan fingerprint density at radius 2 is 2.21 bits per heavy atom. The number of amides is 1. The molecule has 1 aromatic carbocycles. The zero-order valence-electron chi connectivity index (χ0n) is 11.4. The van der Waals surface area contributed by atoms with Gasteiger partial charge in [-0.25, -0.2) is 0 Å². The van der Waals surface area contributed by atoms with Crippen LogP contribution in [0.1, 0.15) is 18.4 Å². The number of carbonyl (C=O) groups is 1. The van der Waals surface area contributed by atoms with Crippen LogP contribution in [-0.4, -0.2) is 32.6 Å². The fraction of sp³-hybridized carbons (Fsp3) is 0.500. The standard InChI is InChI=1S/C14H20BrN3O/c1-16-14(19)9-18(2)13-6-3-11(15)7-10(13)8-17-12-4-5-12/h3,6-7,12,17H,4-5,8-9H2,1-2H3,(H,16,19). The maximum Gasteiger partial charge on any atom is 0.239 e. The maximum atomic E-state index is 11.5. The molecule has 19 heavy (non-hydrogen) atoms. The minimum atomic E-state index is 0.0199. The average molecular weight is 326 g/mol. The normalized spacial score (nSPS) is 14.3. The third-order valence-corrected chi connectivity index (χ3v) is 3.76. The molecule has 1 aliphatic carbocycles. The third-order valence-electron chi connectivity index (χ3n) is 3.27. The molecule has 1 amide bonds. The van der Waals surface area contributed by atoms with Crippen LogP contribution in [0.2, 0.25) is 0 Å². The molecule has 0 radical (unpaired) electrons. The van der Waals surface area contributed by atoms with Crippen molar-refractivity contribution >= 4 is 27.5 Å². The first-order chi connectivity index (χ1) is 9.10. The number of carbonyl (C=O) groups excluding carboxylic acids is 1. The van der Waals surface area contributed by atoms with Gasteiger partial charge in [0.1, 0.15) is 0 Å². The van der Waals surface area contributed by atoms with E-state index in [0.717, 1.165) is 16.7 Å². The number of nitrogens with zero attached hydrogens (tertiary/aromatic N) is 1. The highest BCUT2D eigenvalue weighted by Crippen LogP contribution is 2.26. The maximum absolute atomic E-state index is 11.5. The second kappa shape index (κ2) is 6.39. The Hall–Kier alpha value is -1.07. The molecule has 0 aliphatic heterocycles. The number of halogens is 1. The van der Waals surface area contributed by atoms with Crippen molar-refractivity contribution in [1.29, 1.82) is 0 Å². The molecule has 0 aromatic heterocycles. The van der Waals surface area contributed by atoms with Crippen molar-refractivity contribution in [2.24, 2.45) is 0 Å². The number of anilines is 1. The summed E-state index contributed by atoms with van der Waals surface area (Å²) in [7, 11) is 3.60. The van der Waals surface area contributed by atoms with Gasteiger partial charge in [-0.15, -0.1) is 0 Å². The Kier molecular flexibility index (Phi) is 4.82. The topological polar surface area (TPSA) is 44.4 Å². The zero-order chi connectivity index (χ0) is 13.8. The molecule has 1 aliphatic rings. The molecule has 0 heterocycles. The van der Waals surface area contributed by atoms with Crippen molar-refractivity contribution in [3.63, 3.8) is 0 Å². The lowest BCUT2D eigenvalue weighted by Gasteiger charge is -2.22. The fourth-order valence-electron chi connectivity index (χ4n) is 1.99. The van der Waals surface area contributed by atoms with E-state index in [4.69, 9.17) is 0 Å². The van der Waals surface area contributed by atoms with Gasteiger partial charge in [0.05, 0.1) is 6.54 Å². The van der Waals surface area contributed by atoms with Crippen LogP contribution >= 0.6 is 15.9 Å². The summed E-state index contributed by atoms with van der Waals surface area (Å²) >= 11 is 3.51. The van der Waals surface area contributed by atoms with Gasteiger partial charge in [0, 0.05) is 36.8 Å². The van der Waals surface area contributed by atoms with Gasteiger partial charge in [0.25, 0.3) is 0 Å². The van der Waals surface area contributed by atoms with Gasteiger partial charge in [-0.05, 0) is 36.6 Å². The summed E-state index contributed by atoms with van der Waals surface area (Å²) in [6, 6.07) is 6.86. The smallest absolute Gasteiger partial charge is 0.239 e. The van der Waals surface area contributed by atoms with E-state index in [1.54, 1.807) is 7.05 Å². The van der Waals surface area contributed by atoms with Crippen molar-refractivity contribution in [2.45, 2.75) is 25.4 Å². The summed E-state index contributed by atoms with van der Waals surface area (Å²) in [5, 5.41) is 6.17. The van der Waals surface area contributed by atoms with E-state index in [0.29, 0.717) is 12.6 Å². The molecular formula is C14H20BrN3O. The number of nitrogens with one attached hydrogen (secondary N) is 2. The quantitative estimate of drug-likeness (QED) is 0.839. The molecule has 0 saturated heterocycles. The predicted molar refractivity (Wildman–Crippen MR) is 81.3 cm³/mol. The van der Waals surface area contributed by atoms with Gasteiger partial charge in [-0.1, -0.05) is 15.9 Å². The molecule has 0 bridgehead atoms. The lowest BCUT2D eigenvalue weighted by Crippen LogP contribution is -2.33. The molecule has 4 nitrogen and oxygen atoms in total. The highest BCUT2D eigenvalue weighted by atomic mass is 79.9. The predicted octanol–water partition coefficient (Wildman–Crippen LogP) is 1.88. The van der Waals surface area contributed by atoms with Crippen molar-refractivity contribution in [3.8, 4) is 0 Å². The third kappa shape index (κ3) is 4.21. The number of likely N-dealkylation sites (N-methyl/N-ethyl adjacent to an activating group) is 2. The van der Waals surface area contributed by atoms with Gasteiger partial charge in [-0.3, -0.25) is 4.79 Å². The molecule has 2 rings (SSSR count). The van der Waals surface area contributed by atoms with Gasteiger partial charge < -0.3 is 15.5 Å². The van der Waals surface area contributed by atoms with Crippen molar-refractivity contribution in [3.05, 3.63) is 28.2 Å². The number of hydrogen-bond acceptors (Lipinski definition) is 3. The summed E-state index contributed by atoms with van der Waals surface area (Å²) in [6.07, 6.45) is 2.55. The lowest BCUT2D eigenvalue weighted by molar-refractivity contribution is -0.119. The monoisotopic (exact) mass is 325 g/mol. The summed E-state index contributed by atoms with van der Waals surface area (Å²) in [4.78, 5) is 13.5. The SMILES string of the molecule is CNC(=O)CN(C)c1ccc(Br)cc1CNC1CC1. The fourth-order valence-corrected chi connectivity index (χ4v) is 2.40. The molecule has 1 saturated carbocycles. The van der Waals surface area contributed by atoms with E-state index >= 15 is 0 Å². The van der Waals surface area contributed by atoms with Gasteiger partial charge in [-0.2, -0.15) is 0 Å². The van der Waals surface area contributed by atoms with Gasteiger partial charge in [0.15, 0.2) is 0 Å². The minimum absolute atomic E-state index is 0.0199. The van der Waals surface area contributed by atoms with Gasteiger partial charge in [0.2, 0.25) is 5.91 Å². The number of benzene rings is 1. The second-order valence-electron chi connectivity index (χ2n) is 4.96. The molecule has 0 unspecified atom stereocenters. The van der Waals surface area contributed by atoms with Crippen LogP contribution in [0.3, 0.4) is 0 Å². The summed E-state index contributed by atoms with van der Waals surface area (Å²) in [5.41, 5.74) is 2.31. The van der Waals surface area contributed by atoms with Crippen molar-refractivity contribution in [1.82, 2.24) is 10.6 Å². The Morgan fingerprint density at radius 1 is 1.47 bits per heavy atom. The highest BCUT2D eigenvalue weighted by molar-refractivity contribution is 9.10. The van der Waals surface area contributed by atoms with Crippen LogP contribution in [0.15, 0.2) is 22.7 Å². The van der Waals surface area contributed by atoms with E-state index in [1.165, 1.54) is 18.4 Å². The van der Waals surface area contributed by atoms with Crippen LogP contribution in [0, 0.1) is 0 Å². The molecule has 1 fully saturated rings. The lowest BCUT2D eigenvalue weighted by atomic mass is 10.1. The van der Waals surface area contributed by atoms with Crippen LogP contribution in [0.5, 0.6) is 0 Å². The minimum Gasteiger partial charge on any atom is -0.365 e. The zero-order valence-corrected chi connectivity index (χ0v) is 13.0. The molecular weight excluding hydrogens is 306 g/mol. The largest absolute Gasteiger partial charge is 0.365 e. The first kappa shape index (κ1) is 14.3. The highest BCUT2D eigenvalue weighted by Gasteiger charge is 2.21. The molecule has 0 atom stereocenters. The molecule has 5 heteroatoms. The van der Waals surface area contributed by atoms with E-state index in [2.05, 4.69) is 38.7 Å². The Bertz CT molecular complexity index is 460. The van der Waals surface area contributed by atoms with Crippen LogP contribution < -0.4 is 15.5 Å². The van der Waals surface area contributed by atoms with E-state index in [-0.39, 0.29) is 5.91 Å². The first-order valence-corrected chi connectivity index (χ1v) is 7.33. The van der Waals surface area contributed by atoms with Crippen LogP contribution in [-0.2, 0) is 11.3 Å². The molecule has 104 valence electrons. The first-order valence-electron chi connectivity index (χ1n) is 6.53. The Morgan fingerprint density at radius 3 is 2.84 bits per heavy atom. The van der Waals surface area contributed by atoms with Crippen LogP contribution in [0.25, 0.3) is 0 Å². The average Bonchev–Trinajstić information content (AvgIpc) is 3.20. The van der Waals surface area contributed by atoms with Crippen LogP contribution in [0.4, 0.5) is 5.69 Å². The van der Waals surface area contributed by atoms with Crippen molar-refractivity contribution < 1.29 is 4.79 Å².